The van der Waals surface area contributed by atoms with Gasteiger partial charge in [0.15, 0.2) is 0 Å². The smallest absolute Gasteiger partial charge is 0.210 e. The summed E-state index contributed by atoms with van der Waals surface area (Å²) in [7, 11) is 0. The normalized spacial score (nSPS) is 26.5. The molecule has 1 saturated carbocycles. The second-order valence-corrected chi connectivity index (χ2v) is 3.75. The fourth-order valence-corrected chi connectivity index (χ4v) is 1.69. The first-order valence-electron chi connectivity index (χ1n) is 4.53. The predicted molar refractivity (Wildman–Crippen MR) is 48.0 cm³/mol. The second-order valence-electron chi connectivity index (χ2n) is 3.75. The van der Waals surface area contributed by atoms with Gasteiger partial charge in [0.2, 0.25) is 6.43 Å². The van der Waals surface area contributed by atoms with Crippen LogP contribution in [0.5, 0.6) is 0 Å². The Morgan fingerprint density at radius 2 is 1.85 bits per heavy atom. The lowest BCUT2D eigenvalue weighted by Gasteiger charge is -2.00. The standard InChI is InChI=1S/C11H12F2/c1-7-2-4-8(5-3-7)9-6-10(9)11(12)13/h2-5,9-11H,6H2,1H3. The average molecular weight is 182 g/mol. The first-order valence-corrected chi connectivity index (χ1v) is 4.53. The summed E-state index contributed by atoms with van der Waals surface area (Å²) < 4.78 is 24.5. The Balaban J connectivity index is 2.08. The maximum absolute atomic E-state index is 12.2. The van der Waals surface area contributed by atoms with Crippen LogP contribution in [-0.4, -0.2) is 6.43 Å². The molecule has 0 aromatic heterocycles. The van der Waals surface area contributed by atoms with Gasteiger partial charge in [0, 0.05) is 5.92 Å². The monoisotopic (exact) mass is 182 g/mol. The number of halogens is 2. The minimum absolute atomic E-state index is 0.112. The lowest BCUT2D eigenvalue weighted by atomic mass is 10.1. The molecule has 1 aromatic rings. The molecule has 0 saturated heterocycles. The van der Waals surface area contributed by atoms with Crippen LogP contribution in [0.3, 0.4) is 0 Å². The van der Waals surface area contributed by atoms with Crippen molar-refractivity contribution >= 4 is 0 Å². The van der Waals surface area contributed by atoms with Crippen molar-refractivity contribution in [1.82, 2.24) is 0 Å². The molecule has 1 aliphatic carbocycles. The van der Waals surface area contributed by atoms with E-state index in [1.807, 2.05) is 31.2 Å². The van der Waals surface area contributed by atoms with E-state index in [1.54, 1.807) is 0 Å². The van der Waals surface area contributed by atoms with Gasteiger partial charge in [-0.1, -0.05) is 29.8 Å². The summed E-state index contributed by atoms with van der Waals surface area (Å²) in [5.74, 6) is -0.275. The van der Waals surface area contributed by atoms with E-state index >= 15 is 0 Å². The zero-order valence-electron chi connectivity index (χ0n) is 7.50. The Morgan fingerprint density at radius 3 is 2.31 bits per heavy atom. The fraction of sp³-hybridized carbons (Fsp3) is 0.455. The Bertz CT molecular complexity index is 289. The molecule has 0 nitrogen and oxygen atoms in total. The van der Waals surface area contributed by atoms with Crippen molar-refractivity contribution in [1.29, 1.82) is 0 Å². The third-order valence-electron chi connectivity index (χ3n) is 2.67. The summed E-state index contributed by atoms with van der Waals surface area (Å²) in [4.78, 5) is 0. The van der Waals surface area contributed by atoms with E-state index in [-0.39, 0.29) is 11.8 Å². The van der Waals surface area contributed by atoms with Crippen molar-refractivity contribution in [2.75, 3.05) is 0 Å². The molecular weight excluding hydrogens is 170 g/mol. The highest BCUT2D eigenvalue weighted by molar-refractivity contribution is 5.29. The molecule has 2 heteroatoms. The molecule has 2 unspecified atom stereocenters. The second kappa shape index (κ2) is 3.09. The van der Waals surface area contributed by atoms with Gasteiger partial charge in [0.25, 0.3) is 0 Å². The van der Waals surface area contributed by atoms with Gasteiger partial charge in [0.1, 0.15) is 0 Å². The first kappa shape index (κ1) is 8.67. The molecule has 0 bridgehead atoms. The van der Waals surface area contributed by atoms with Gasteiger partial charge in [-0.05, 0) is 24.8 Å². The summed E-state index contributed by atoms with van der Waals surface area (Å²) >= 11 is 0. The number of hydrogen-bond acceptors (Lipinski definition) is 0. The van der Waals surface area contributed by atoms with Crippen LogP contribution in [0.15, 0.2) is 24.3 Å². The fourth-order valence-electron chi connectivity index (χ4n) is 1.69. The SMILES string of the molecule is Cc1ccc(C2CC2C(F)F)cc1. The van der Waals surface area contributed by atoms with Crippen molar-refractivity contribution < 1.29 is 8.78 Å². The van der Waals surface area contributed by atoms with Gasteiger partial charge < -0.3 is 0 Å². The van der Waals surface area contributed by atoms with Crippen LogP contribution in [0.1, 0.15) is 23.5 Å². The van der Waals surface area contributed by atoms with E-state index in [4.69, 9.17) is 0 Å². The maximum atomic E-state index is 12.2. The number of alkyl halides is 2. The largest absolute Gasteiger partial charge is 0.242 e. The van der Waals surface area contributed by atoms with Gasteiger partial charge in [-0.25, -0.2) is 8.78 Å². The summed E-state index contributed by atoms with van der Waals surface area (Å²) in [5.41, 5.74) is 2.24. The zero-order valence-corrected chi connectivity index (χ0v) is 7.50. The molecule has 1 fully saturated rings. The van der Waals surface area contributed by atoms with E-state index in [9.17, 15) is 8.78 Å². The average Bonchev–Trinajstić information content (AvgIpc) is 2.85. The third kappa shape index (κ3) is 1.71. The number of benzene rings is 1. The van der Waals surface area contributed by atoms with Crippen LogP contribution < -0.4 is 0 Å². The first-order chi connectivity index (χ1) is 6.18. The highest BCUT2D eigenvalue weighted by atomic mass is 19.3. The highest BCUT2D eigenvalue weighted by Crippen LogP contribution is 2.50. The van der Waals surface area contributed by atoms with E-state index in [1.165, 1.54) is 5.56 Å². The van der Waals surface area contributed by atoms with Crippen molar-refractivity contribution in [3.05, 3.63) is 35.4 Å². The molecule has 13 heavy (non-hydrogen) atoms. The third-order valence-corrected chi connectivity index (χ3v) is 2.67. The van der Waals surface area contributed by atoms with Gasteiger partial charge in [-0.2, -0.15) is 0 Å². The quantitative estimate of drug-likeness (QED) is 0.657. The molecule has 1 aromatic carbocycles. The van der Waals surface area contributed by atoms with E-state index < -0.39 is 6.43 Å². The van der Waals surface area contributed by atoms with Gasteiger partial charge >= 0.3 is 0 Å². The number of aryl methyl sites for hydroxylation is 1. The van der Waals surface area contributed by atoms with Crippen LogP contribution >= 0.6 is 0 Å². The number of hydrogen-bond donors (Lipinski definition) is 0. The van der Waals surface area contributed by atoms with Crippen molar-refractivity contribution in [2.24, 2.45) is 5.92 Å². The van der Waals surface area contributed by atoms with Crippen LogP contribution in [-0.2, 0) is 0 Å². The van der Waals surface area contributed by atoms with Crippen LogP contribution in [0.4, 0.5) is 8.78 Å². The molecular formula is C11H12F2. The van der Waals surface area contributed by atoms with E-state index in [0.717, 1.165) is 5.56 Å². The van der Waals surface area contributed by atoms with Crippen molar-refractivity contribution in [2.45, 2.75) is 25.7 Å². The summed E-state index contributed by atoms with van der Waals surface area (Å²) in [5, 5.41) is 0. The molecule has 2 atom stereocenters. The molecule has 0 heterocycles. The Hall–Kier alpha value is -0.920. The van der Waals surface area contributed by atoms with Crippen LogP contribution in [0.25, 0.3) is 0 Å². The van der Waals surface area contributed by atoms with E-state index in [0.29, 0.717) is 6.42 Å². The summed E-state index contributed by atoms with van der Waals surface area (Å²) in [6, 6.07) is 7.89. The highest BCUT2D eigenvalue weighted by Gasteiger charge is 2.44. The molecule has 2 rings (SSSR count). The Labute approximate surface area is 76.6 Å². The molecule has 0 amide bonds. The summed E-state index contributed by atoms with van der Waals surface area (Å²) in [6.45, 7) is 2.00. The van der Waals surface area contributed by atoms with Gasteiger partial charge in [0.05, 0.1) is 0 Å². The predicted octanol–water partition coefficient (Wildman–Crippen LogP) is 3.36. The van der Waals surface area contributed by atoms with Gasteiger partial charge in [-0.15, -0.1) is 0 Å². The molecule has 0 spiro atoms. The lowest BCUT2D eigenvalue weighted by molar-refractivity contribution is 0.120. The minimum Gasteiger partial charge on any atom is -0.210 e. The van der Waals surface area contributed by atoms with Gasteiger partial charge in [-0.3, -0.25) is 0 Å². The Kier molecular flexibility index (Phi) is 2.06. The molecule has 1 aliphatic rings. The molecule has 70 valence electrons. The molecule has 0 radical (unpaired) electrons. The molecule has 0 N–H and O–H groups in total. The van der Waals surface area contributed by atoms with Crippen molar-refractivity contribution in [3.63, 3.8) is 0 Å². The summed E-state index contributed by atoms with van der Waals surface area (Å²) in [6.07, 6.45) is -1.49. The molecule has 0 aliphatic heterocycles. The van der Waals surface area contributed by atoms with Crippen LogP contribution in [0, 0.1) is 12.8 Å². The topological polar surface area (TPSA) is 0 Å². The van der Waals surface area contributed by atoms with Crippen LogP contribution in [0.2, 0.25) is 0 Å². The van der Waals surface area contributed by atoms with E-state index in [2.05, 4.69) is 0 Å². The van der Waals surface area contributed by atoms with Crippen molar-refractivity contribution in [3.8, 4) is 0 Å². The Morgan fingerprint density at radius 1 is 1.23 bits per heavy atom. The zero-order chi connectivity index (χ0) is 9.42. The maximum Gasteiger partial charge on any atom is 0.242 e. The minimum atomic E-state index is -2.15. The lowest BCUT2D eigenvalue weighted by Crippen LogP contribution is -1.94. The number of rotatable bonds is 2.